The third-order valence-corrected chi connectivity index (χ3v) is 3.94. The Balaban J connectivity index is 1.85. The van der Waals surface area contributed by atoms with E-state index in [1.165, 1.54) is 6.07 Å². The van der Waals surface area contributed by atoms with Crippen LogP contribution in [-0.4, -0.2) is 43.7 Å². The minimum atomic E-state index is -0.829. The van der Waals surface area contributed by atoms with Gasteiger partial charge >= 0.3 is 0 Å². The number of nitrogens with one attached hydrogen (secondary N) is 1. The van der Waals surface area contributed by atoms with Gasteiger partial charge in [-0.1, -0.05) is 6.07 Å². The first kappa shape index (κ1) is 13.4. The molecular weight excluding hydrogens is 264 g/mol. The monoisotopic (exact) mass is 279 g/mol. The smallest absolute Gasteiger partial charge is 0.149 e. The van der Waals surface area contributed by atoms with Gasteiger partial charge in [-0.25, -0.2) is 8.78 Å². The minimum Gasteiger partial charge on any atom is -0.370 e. The summed E-state index contributed by atoms with van der Waals surface area (Å²) in [4.78, 5) is 2.25. The third-order valence-electron chi connectivity index (χ3n) is 3.94. The summed E-state index contributed by atoms with van der Waals surface area (Å²) in [5.41, 5.74) is -0.270. The van der Waals surface area contributed by atoms with Crippen LogP contribution in [0, 0.1) is 23.0 Å². The summed E-state index contributed by atoms with van der Waals surface area (Å²) in [7, 11) is 0. The Morgan fingerprint density at radius 2 is 2.25 bits per heavy atom. The summed E-state index contributed by atoms with van der Waals surface area (Å²) in [6.07, 6.45) is -0.447. The van der Waals surface area contributed by atoms with Gasteiger partial charge in [0, 0.05) is 37.8 Å². The van der Waals surface area contributed by atoms with Gasteiger partial charge in [0.05, 0.1) is 12.7 Å². The number of hydrogen-bond acceptors (Lipinski definition) is 4. The van der Waals surface area contributed by atoms with Crippen LogP contribution in [0.25, 0.3) is 0 Å². The number of morpholine rings is 1. The predicted molar refractivity (Wildman–Crippen MR) is 68.0 cm³/mol. The highest BCUT2D eigenvalue weighted by atomic mass is 19.1. The standard InChI is InChI=1S/C14H15F2N3O/c15-12-2-1-10(14(16)11(12)5-17)13-7-19-4-3-18-6-9(19)8-20-13/h1-2,9,13,18H,3-4,6-8H2/t9?,13-/m0/s1. The number of benzene rings is 1. The molecule has 106 valence electrons. The van der Waals surface area contributed by atoms with Crippen LogP contribution in [0.2, 0.25) is 0 Å². The first-order chi connectivity index (χ1) is 9.70. The topological polar surface area (TPSA) is 48.3 Å². The number of halogens is 2. The van der Waals surface area contributed by atoms with E-state index in [0.717, 1.165) is 25.7 Å². The van der Waals surface area contributed by atoms with E-state index in [1.54, 1.807) is 6.07 Å². The lowest BCUT2D eigenvalue weighted by Gasteiger charge is -2.42. The molecule has 6 heteroatoms. The van der Waals surface area contributed by atoms with Gasteiger partial charge in [-0.3, -0.25) is 4.90 Å². The molecule has 0 radical (unpaired) electrons. The highest BCUT2D eigenvalue weighted by Crippen LogP contribution is 2.29. The third kappa shape index (κ3) is 2.29. The van der Waals surface area contributed by atoms with Crippen LogP contribution in [0.4, 0.5) is 8.78 Å². The molecule has 1 unspecified atom stereocenters. The quantitative estimate of drug-likeness (QED) is 0.838. The molecule has 20 heavy (non-hydrogen) atoms. The second-order valence-corrected chi connectivity index (χ2v) is 5.11. The number of piperazine rings is 1. The molecule has 0 bridgehead atoms. The van der Waals surface area contributed by atoms with E-state index in [-0.39, 0.29) is 5.56 Å². The van der Waals surface area contributed by atoms with E-state index in [1.807, 2.05) is 0 Å². The molecule has 1 aromatic carbocycles. The van der Waals surface area contributed by atoms with E-state index in [4.69, 9.17) is 10.00 Å². The summed E-state index contributed by atoms with van der Waals surface area (Å²) in [5.74, 6) is -1.63. The number of ether oxygens (including phenoxy) is 1. The van der Waals surface area contributed by atoms with Gasteiger partial charge in [-0.2, -0.15) is 5.26 Å². The summed E-state index contributed by atoms with van der Waals surface area (Å²) >= 11 is 0. The number of fused-ring (bicyclic) bond motifs is 1. The molecule has 2 atom stereocenters. The average Bonchev–Trinajstić information content (AvgIpc) is 2.47. The van der Waals surface area contributed by atoms with Gasteiger partial charge in [0.15, 0.2) is 0 Å². The maximum absolute atomic E-state index is 14.2. The largest absolute Gasteiger partial charge is 0.370 e. The number of nitrogens with zero attached hydrogens (tertiary/aromatic N) is 2. The predicted octanol–water partition coefficient (Wildman–Crippen LogP) is 1.18. The van der Waals surface area contributed by atoms with Crippen molar-refractivity contribution in [2.75, 3.05) is 32.8 Å². The van der Waals surface area contributed by atoms with E-state index in [0.29, 0.717) is 19.2 Å². The maximum atomic E-state index is 14.2. The molecule has 2 fully saturated rings. The molecule has 2 heterocycles. The van der Waals surface area contributed by atoms with Crippen molar-refractivity contribution >= 4 is 0 Å². The lowest BCUT2D eigenvalue weighted by molar-refractivity contribution is -0.0730. The fourth-order valence-electron chi connectivity index (χ4n) is 2.81. The first-order valence-electron chi connectivity index (χ1n) is 6.65. The van der Waals surface area contributed by atoms with Crippen molar-refractivity contribution in [2.45, 2.75) is 12.1 Å². The van der Waals surface area contributed by atoms with Crippen LogP contribution in [0.3, 0.4) is 0 Å². The van der Waals surface area contributed by atoms with Crippen LogP contribution in [-0.2, 0) is 4.74 Å². The Hall–Kier alpha value is -1.55. The maximum Gasteiger partial charge on any atom is 0.149 e. The molecule has 0 aliphatic carbocycles. The second kappa shape index (κ2) is 5.44. The van der Waals surface area contributed by atoms with Gasteiger partial charge in [-0.15, -0.1) is 0 Å². The van der Waals surface area contributed by atoms with Gasteiger partial charge in [0.1, 0.15) is 23.3 Å². The summed E-state index contributed by atoms with van der Waals surface area (Å²) < 4.78 is 33.2. The molecule has 3 rings (SSSR count). The fourth-order valence-corrected chi connectivity index (χ4v) is 2.81. The van der Waals surface area contributed by atoms with Crippen molar-refractivity contribution in [1.29, 1.82) is 5.26 Å². The Morgan fingerprint density at radius 1 is 1.40 bits per heavy atom. The summed E-state index contributed by atoms with van der Waals surface area (Å²) in [6, 6.07) is 4.38. The van der Waals surface area contributed by atoms with Crippen molar-refractivity contribution < 1.29 is 13.5 Å². The Bertz CT molecular complexity index is 558. The van der Waals surface area contributed by atoms with E-state index in [2.05, 4.69) is 10.2 Å². The highest BCUT2D eigenvalue weighted by molar-refractivity contribution is 5.37. The molecule has 2 saturated heterocycles. The zero-order valence-electron chi connectivity index (χ0n) is 10.9. The Labute approximate surface area is 115 Å². The highest BCUT2D eigenvalue weighted by Gasteiger charge is 2.33. The minimum absolute atomic E-state index is 0.264. The molecule has 2 aliphatic rings. The van der Waals surface area contributed by atoms with Crippen molar-refractivity contribution in [1.82, 2.24) is 10.2 Å². The number of rotatable bonds is 1. The normalized spacial score (nSPS) is 26.9. The van der Waals surface area contributed by atoms with Crippen LogP contribution in [0.5, 0.6) is 0 Å². The molecular formula is C14H15F2N3O. The van der Waals surface area contributed by atoms with Crippen molar-refractivity contribution in [2.24, 2.45) is 0 Å². The molecule has 0 aromatic heterocycles. The van der Waals surface area contributed by atoms with Crippen LogP contribution < -0.4 is 5.32 Å². The van der Waals surface area contributed by atoms with E-state index >= 15 is 0 Å². The molecule has 0 spiro atoms. The van der Waals surface area contributed by atoms with Gasteiger partial charge < -0.3 is 10.1 Å². The molecule has 1 N–H and O–H groups in total. The Morgan fingerprint density at radius 3 is 3.05 bits per heavy atom. The fraction of sp³-hybridized carbons (Fsp3) is 0.500. The summed E-state index contributed by atoms with van der Waals surface area (Å²) in [6.45, 7) is 3.73. The van der Waals surface area contributed by atoms with Crippen LogP contribution >= 0.6 is 0 Å². The first-order valence-corrected chi connectivity index (χ1v) is 6.65. The van der Waals surface area contributed by atoms with Crippen molar-refractivity contribution in [3.63, 3.8) is 0 Å². The van der Waals surface area contributed by atoms with E-state index < -0.39 is 23.3 Å². The zero-order chi connectivity index (χ0) is 14.1. The zero-order valence-corrected chi connectivity index (χ0v) is 10.9. The van der Waals surface area contributed by atoms with Crippen molar-refractivity contribution in [3.05, 3.63) is 34.9 Å². The van der Waals surface area contributed by atoms with Gasteiger partial charge in [0.25, 0.3) is 0 Å². The molecule has 0 saturated carbocycles. The van der Waals surface area contributed by atoms with E-state index in [9.17, 15) is 8.78 Å². The number of nitriles is 1. The second-order valence-electron chi connectivity index (χ2n) is 5.11. The average molecular weight is 279 g/mol. The summed E-state index contributed by atoms with van der Waals surface area (Å²) in [5, 5.41) is 12.1. The molecule has 0 amide bonds. The van der Waals surface area contributed by atoms with Gasteiger partial charge in [0.2, 0.25) is 0 Å². The molecule has 4 nitrogen and oxygen atoms in total. The Kier molecular flexibility index (Phi) is 3.66. The van der Waals surface area contributed by atoms with Crippen LogP contribution in [0.1, 0.15) is 17.2 Å². The number of hydrogen-bond donors (Lipinski definition) is 1. The van der Waals surface area contributed by atoms with Gasteiger partial charge in [-0.05, 0) is 6.07 Å². The molecule has 2 aliphatic heterocycles. The SMILES string of the molecule is N#Cc1c(F)ccc([C@@H]2CN3CCNCC3CO2)c1F. The lowest BCUT2D eigenvalue weighted by atomic mass is 10.0. The van der Waals surface area contributed by atoms with Crippen molar-refractivity contribution in [3.8, 4) is 6.07 Å². The molecule has 1 aromatic rings. The lowest BCUT2D eigenvalue weighted by Crippen LogP contribution is -2.57. The van der Waals surface area contributed by atoms with Crippen LogP contribution in [0.15, 0.2) is 12.1 Å².